The van der Waals surface area contributed by atoms with Crippen molar-refractivity contribution in [1.82, 2.24) is 5.32 Å². The lowest BCUT2D eigenvalue weighted by Gasteiger charge is -2.32. The lowest BCUT2D eigenvalue weighted by molar-refractivity contribution is -0.384. The molecule has 0 saturated heterocycles. The van der Waals surface area contributed by atoms with Gasteiger partial charge in [0, 0.05) is 12.1 Å². The van der Waals surface area contributed by atoms with E-state index in [0.717, 1.165) is 30.5 Å². The molecule has 1 rings (SSSR count). The van der Waals surface area contributed by atoms with E-state index in [2.05, 4.69) is 33.0 Å². The molecule has 1 atom stereocenters. The van der Waals surface area contributed by atoms with Crippen molar-refractivity contribution in [3.8, 4) is 0 Å². The summed E-state index contributed by atoms with van der Waals surface area (Å²) in [6.45, 7) is 11.6. The highest BCUT2D eigenvalue weighted by molar-refractivity contribution is 6.32. The lowest BCUT2D eigenvalue weighted by atomic mass is 9.82. The zero-order chi connectivity index (χ0) is 16.2. The molecular formula is C16H25ClN2O2. The fourth-order valence-electron chi connectivity index (χ4n) is 2.29. The van der Waals surface area contributed by atoms with E-state index in [1.807, 2.05) is 6.92 Å². The Labute approximate surface area is 132 Å². The Morgan fingerprint density at radius 1 is 1.38 bits per heavy atom. The number of nitro groups is 1. The third-order valence-corrected chi connectivity index (χ3v) is 4.01. The van der Waals surface area contributed by atoms with Crippen molar-refractivity contribution < 1.29 is 4.92 Å². The number of aryl methyl sites for hydroxylation is 1. The van der Waals surface area contributed by atoms with Gasteiger partial charge >= 0.3 is 0 Å². The van der Waals surface area contributed by atoms with Gasteiger partial charge in [-0.05, 0) is 48.9 Å². The van der Waals surface area contributed by atoms with Crippen LogP contribution in [0.1, 0.15) is 45.2 Å². The van der Waals surface area contributed by atoms with Gasteiger partial charge < -0.3 is 5.32 Å². The van der Waals surface area contributed by atoms with Crippen molar-refractivity contribution in [1.29, 1.82) is 0 Å². The molecule has 1 aromatic carbocycles. The molecular weight excluding hydrogens is 288 g/mol. The summed E-state index contributed by atoms with van der Waals surface area (Å²) >= 11 is 6.04. The largest absolute Gasteiger partial charge is 0.313 e. The smallest absolute Gasteiger partial charge is 0.288 e. The first-order valence-corrected chi connectivity index (χ1v) is 7.71. The highest BCUT2D eigenvalue weighted by Crippen LogP contribution is 2.30. The van der Waals surface area contributed by atoms with Gasteiger partial charge in [-0.3, -0.25) is 10.1 Å². The van der Waals surface area contributed by atoms with Crippen LogP contribution in [-0.2, 0) is 6.42 Å². The molecule has 5 heteroatoms. The number of nitrogens with zero attached hydrogens (tertiary/aromatic N) is 1. The molecule has 1 aromatic rings. The summed E-state index contributed by atoms with van der Waals surface area (Å²) in [6, 6.07) is 3.60. The number of benzene rings is 1. The van der Waals surface area contributed by atoms with Gasteiger partial charge in [-0.1, -0.05) is 39.3 Å². The molecule has 0 aromatic heterocycles. The molecule has 0 amide bonds. The van der Waals surface area contributed by atoms with Gasteiger partial charge in [0.25, 0.3) is 5.69 Å². The van der Waals surface area contributed by atoms with Gasteiger partial charge in [-0.15, -0.1) is 0 Å². The Balaban J connectivity index is 3.04. The van der Waals surface area contributed by atoms with Gasteiger partial charge in [0.05, 0.1) is 4.92 Å². The summed E-state index contributed by atoms with van der Waals surface area (Å²) in [7, 11) is 0. The molecule has 0 radical (unpaired) electrons. The van der Waals surface area contributed by atoms with E-state index in [9.17, 15) is 10.1 Å². The third kappa shape index (κ3) is 4.97. The van der Waals surface area contributed by atoms with Crippen molar-refractivity contribution in [3.05, 3.63) is 38.4 Å². The molecule has 0 bridgehead atoms. The second-order valence-corrected chi connectivity index (χ2v) is 6.97. The van der Waals surface area contributed by atoms with Crippen molar-refractivity contribution in [2.75, 3.05) is 6.54 Å². The van der Waals surface area contributed by atoms with E-state index in [1.54, 1.807) is 12.1 Å². The van der Waals surface area contributed by atoms with Gasteiger partial charge in [-0.25, -0.2) is 0 Å². The number of nitrogens with one attached hydrogen (secondary N) is 1. The van der Waals surface area contributed by atoms with Gasteiger partial charge in [0.2, 0.25) is 0 Å². The summed E-state index contributed by atoms with van der Waals surface area (Å²) in [4.78, 5) is 10.5. The normalized spacial score (nSPS) is 13.2. The van der Waals surface area contributed by atoms with Crippen LogP contribution in [0.15, 0.2) is 12.1 Å². The molecule has 0 aliphatic heterocycles. The molecule has 0 spiro atoms. The summed E-state index contributed by atoms with van der Waals surface area (Å²) in [5.41, 5.74) is 2.06. The zero-order valence-electron chi connectivity index (χ0n) is 13.5. The standard InChI is InChI=1S/C16H25ClN2O2/c1-6-7-18-15(16(3,4)5)10-12-9-13(17)14(19(20)21)8-11(12)2/h8-9,15,18H,6-7,10H2,1-5H3. The SMILES string of the molecule is CCCNC(Cc1cc(Cl)c([N+](=O)[O-])cc1C)C(C)(C)C. The van der Waals surface area contributed by atoms with E-state index >= 15 is 0 Å². The molecule has 0 fully saturated rings. The molecule has 4 nitrogen and oxygen atoms in total. The van der Waals surface area contributed by atoms with Crippen LogP contribution in [-0.4, -0.2) is 17.5 Å². The number of hydrogen-bond acceptors (Lipinski definition) is 3. The van der Waals surface area contributed by atoms with Crippen LogP contribution < -0.4 is 5.32 Å². The molecule has 1 N–H and O–H groups in total. The Hall–Kier alpha value is -1.13. The summed E-state index contributed by atoms with van der Waals surface area (Å²) in [6.07, 6.45) is 1.89. The van der Waals surface area contributed by atoms with Gasteiger partial charge in [0.15, 0.2) is 0 Å². The van der Waals surface area contributed by atoms with E-state index < -0.39 is 4.92 Å². The van der Waals surface area contributed by atoms with Gasteiger partial charge in [0.1, 0.15) is 5.02 Å². The minimum Gasteiger partial charge on any atom is -0.313 e. The minimum absolute atomic E-state index is 0.0215. The van der Waals surface area contributed by atoms with Crippen LogP contribution in [0.3, 0.4) is 0 Å². The second-order valence-electron chi connectivity index (χ2n) is 6.56. The van der Waals surface area contributed by atoms with Crippen LogP contribution in [0, 0.1) is 22.5 Å². The molecule has 0 heterocycles. The zero-order valence-corrected chi connectivity index (χ0v) is 14.3. The molecule has 0 aliphatic rings. The number of rotatable bonds is 6. The first kappa shape index (κ1) is 17.9. The van der Waals surface area contributed by atoms with Crippen LogP contribution in [0.2, 0.25) is 5.02 Å². The fourth-order valence-corrected chi connectivity index (χ4v) is 2.55. The average Bonchev–Trinajstić information content (AvgIpc) is 2.36. The first-order chi connectivity index (χ1) is 9.66. The Bertz CT molecular complexity index is 510. The minimum atomic E-state index is -0.435. The summed E-state index contributed by atoms with van der Waals surface area (Å²) in [5, 5.41) is 14.7. The molecule has 0 aliphatic carbocycles. The molecule has 1 unspecified atom stereocenters. The monoisotopic (exact) mass is 312 g/mol. The Kier molecular flexibility index (Phi) is 6.17. The van der Waals surface area contributed by atoms with Crippen LogP contribution in [0.25, 0.3) is 0 Å². The lowest BCUT2D eigenvalue weighted by Crippen LogP contribution is -2.42. The highest BCUT2D eigenvalue weighted by Gasteiger charge is 2.25. The summed E-state index contributed by atoms with van der Waals surface area (Å²) in [5.74, 6) is 0. The topological polar surface area (TPSA) is 55.2 Å². The predicted molar refractivity (Wildman–Crippen MR) is 88.1 cm³/mol. The highest BCUT2D eigenvalue weighted by atomic mass is 35.5. The van der Waals surface area contributed by atoms with E-state index in [0.29, 0.717) is 6.04 Å². The Morgan fingerprint density at radius 3 is 2.48 bits per heavy atom. The van der Waals surface area contributed by atoms with Crippen molar-refractivity contribution in [2.45, 2.75) is 53.5 Å². The number of hydrogen-bond donors (Lipinski definition) is 1. The number of halogens is 1. The van der Waals surface area contributed by atoms with Crippen molar-refractivity contribution in [3.63, 3.8) is 0 Å². The maximum atomic E-state index is 10.9. The maximum Gasteiger partial charge on any atom is 0.288 e. The van der Waals surface area contributed by atoms with Crippen LogP contribution >= 0.6 is 11.6 Å². The van der Waals surface area contributed by atoms with E-state index in [-0.39, 0.29) is 16.1 Å². The number of nitro benzene ring substituents is 1. The third-order valence-electron chi connectivity index (χ3n) is 3.71. The van der Waals surface area contributed by atoms with E-state index in [1.165, 1.54) is 0 Å². The van der Waals surface area contributed by atoms with Crippen LogP contribution in [0.5, 0.6) is 0 Å². The maximum absolute atomic E-state index is 10.9. The van der Waals surface area contributed by atoms with Crippen molar-refractivity contribution >= 4 is 17.3 Å². The second kappa shape index (κ2) is 7.23. The van der Waals surface area contributed by atoms with Crippen LogP contribution in [0.4, 0.5) is 5.69 Å². The fraction of sp³-hybridized carbons (Fsp3) is 0.625. The summed E-state index contributed by atoms with van der Waals surface area (Å²) < 4.78 is 0. The van der Waals surface area contributed by atoms with Gasteiger partial charge in [-0.2, -0.15) is 0 Å². The van der Waals surface area contributed by atoms with E-state index in [4.69, 9.17) is 11.6 Å². The molecule has 118 valence electrons. The average molecular weight is 313 g/mol. The van der Waals surface area contributed by atoms with Crippen molar-refractivity contribution in [2.24, 2.45) is 5.41 Å². The Morgan fingerprint density at radius 2 is 2.00 bits per heavy atom. The molecule has 0 saturated carbocycles. The quantitative estimate of drug-likeness (QED) is 0.621. The first-order valence-electron chi connectivity index (χ1n) is 7.33. The predicted octanol–water partition coefficient (Wildman–Crippen LogP) is 4.51. The molecule has 21 heavy (non-hydrogen) atoms.